The molecule has 1 aliphatic heterocycles. The number of piperidine rings is 1. The topological polar surface area (TPSA) is 84.7 Å². The van der Waals surface area contributed by atoms with Crippen LogP contribution in [0.1, 0.15) is 35.2 Å². The number of halogens is 1. The monoisotopic (exact) mass is 389 g/mol. The Hall–Kier alpha value is -2.57. The molecular weight excluding hydrogens is 366 g/mol. The highest BCUT2D eigenvalue weighted by Gasteiger charge is 2.23. The van der Waals surface area contributed by atoms with Crippen LogP contribution < -0.4 is 20.7 Å². The van der Waals surface area contributed by atoms with Crippen molar-refractivity contribution in [2.45, 2.75) is 25.8 Å². The van der Waals surface area contributed by atoms with Crippen molar-refractivity contribution in [3.05, 3.63) is 53.6 Å². The fourth-order valence-electron chi connectivity index (χ4n) is 3.03. The van der Waals surface area contributed by atoms with Crippen LogP contribution in [0, 0.1) is 0 Å². The second-order valence-corrected chi connectivity index (χ2v) is 6.24. The predicted molar refractivity (Wildman–Crippen MR) is 109 cm³/mol. The van der Waals surface area contributed by atoms with Crippen LogP contribution in [0.3, 0.4) is 0 Å². The Morgan fingerprint density at radius 1 is 1.19 bits per heavy atom. The Morgan fingerprint density at radius 3 is 2.56 bits per heavy atom. The zero-order valence-electron chi connectivity index (χ0n) is 15.2. The van der Waals surface area contributed by atoms with E-state index >= 15 is 0 Å². The van der Waals surface area contributed by atoms with Gasteiger partial charge < -0.3 is 20.7 Å². The summed E-state index contributed by atoms with van der Waals surface area (Å²) in [5.74, 6) is 0.482. The molecule has 2 amide bonds. The Morgan fingerprint density at radius 2 is 1.93 bits per heavy atom. The van der Waals surface area contributed by atoms with Crippen molar-refractivity contribution in [3.63, 3.8) is 0 Å². The average molecular weight is 390 g/mol. The quantitative estimate of drug-likeness (QED) is 0.821. The number of ether oxygens (including phenoxy) is 1. The van der Waals surface area contributed by atoms with Crippen molar-refractivity contribution in [1.29, 1.82) is 0 Å². The number of nitrogens with zero attached hydrogens (tertiary/aromatic N) is 1. The summed E-state index contributed by atoms with van der Waals surface area (Å²) in [5.41, 5.74) is 8.41. The van der Waals surface area contributed by atoms with Gasteiger partial charge in [0.15, 0.2) is 0 Å². The maximum atomic E-state index is 12.5. The molecule has 27 heavy (non-hydrogen) atoms. The largest absolute Gasteiger partial charge is 0.495 e. The van der Waals surface area contributed by atoms with Gasteiger partial charge in [-0.05, 0) is 48.7 Å². The molecule has 1 fully saturated rings. The Labute approximate surface area is 165 Å². The molecule has 0 atom stereocenters. The summed E-state index contributed by atoms with van der Waals surface area (Å²) in [4.78, 5) is 26.4. The van der Waals surface area contributed by atoms with Gasteiger partial charge in [-0.25, -0.2) is 0 Å². The van der Waals surface area contributed by atoms with Crippen molar-refractivity contribution in [2.75, 3.05) is 23.9 Å². The second kappa shape index (κ2) is 9.39. The second-order valence-electron chi connectivity index (χ2n) is 6.24. The maximum Gasteiger partial charge on any atom is 0.255 e. The zero-order chi connectivity index (χ0) is 18.5. The van der Waals surface area contributed by atoms with E-state index in [1.165, 1.54) is 0 Å². The number of carbonyl (C=O) groups excluding carboxylic acids is 2. The minimum atomic E-state index is -0.213. The molecule has 0 saturated carbocycles. The molecule has 0 spiro atoms. The van der Waals surface area contributed by atoms with Gasteiger partial charge in [0.1, 0.15) is 5.75 Å². The first kappa shape index (κ1) is 20.7. The normalized spacial score (nSPS) is 13.7. The van der Waals surface area contributed by atoms with E-state index < -0.39 is 0 Å². The van der Waals surface area contributed by atoms with Gasteiger partial charge in [0.25, 0.3) is 5.91 Å². The lowest BCUT2D eigenvalue weighted by Gasteiger charge is -2.28. The smallest absolute Gasteiger partial charge is 0.255 e. The Bertz CT molecular complexity index is 809. The van der Waals surface area contributed by atoms with Crippen LogP contribution in [0.5, 0.6) is 5.75 Å². The minimum Gasteiger partial charge on any atom is -0.495 e. The molecule has 0 unspecified atom stereocenters. The standard InChI is InChI=1S/C20H23N3O3.ClH/c1-26-18-10-9-16(12-17(18)23-11-3-2-4-19(23)24)22-20(25)15-7-5-14(13-21)6-8-15;/h5-10,12H,2-4,11,13,21H2,1H3,(H,22,25);1H. The lowest BCUT2D eigenvalue weighted by Crippen LogP contribution is -2.35. The van der Waals surface area contributed by atoms with Crippen LogP contribution in [0.15, 0.2) is 42.5 Å². The van der Waals surface area contributed by atoms with Crippen LogP contribution >= 0.6 is 12.4 Å². The lowest BCUT2D eigenvalue weighted by atomic mass is 10.1. The van der Waals surface area contributed by atoms with Crippen LogP contribution in [-0.4, -0.2) is 25.5 Å². The highest BCUT2D eigenvalue weighted by Crippen LogP contribution is 2.33. The number of amides is 2. The van der Waals surface area contributed by atoms with E-state index in [-0.39, 0.29) is 24.2 Å². The summed E-state index contributed by atoms with van der Waals surface area (Å²) in [6, 6.07) is 12.5. The van der Waals surface area contributed by atoms with Crippen molar-refractivity contribution in [1.82, 2.24) is 0 Å². The summed E-state index contributed by atoms with van der Waals surface area (Å²) in [7, 11) is 1.57. The number of hydrogen-bond donors (Lipinski definition) is 2. The van der Waals surface area contributed by atoms with E-state index in [1.807, 2.05) is 12.1 Å². The molecule has 6 nitrogen and oxygen atoms in total. The van der Waals surface area contributed by atoms with Crippen molar-refractivity contribution in [3.8, 4) is 5.75 Å². The van der Waals surface area contributed by atoms with Gasteiger partial charge in [0.05, 0.1) is 12.8 Å². The van der Waals surface area contributed by atoms with Crippen LogP contribution in [0.2, 0.25) is 0 Å². The summed E-state index contributed by atoms with van der Waals surface area (Å²) < 4.78 is 5.40. The number of hydrogen-bond acceptors (Lipinski definition) is 4. The summed E-state index contributed by atoms with van der Waals surface area (Å²) in [5, 5.41) is 2.88. The highest BCUT2D eigenvalue weighted by molar-refractivity contribution is 6.05. The molecule has 0 radical (unpaired) electrons. The third-order valence-electron chi connectivity index (χ3n) is 4.50. The van der Waals surface area contributed by atoms with E-state index in [0.29, 0.717) is 42.2 Å². The SMILES string of the molecule is COc1ccc(NC(=O)c2ccc(CN)cc2)cc1N1CCCCC1=O.Cl. The van der Waals surface area contributed by atoms with E-state index in [4.69, 9.17) is 10.5 Å². The number of nitrogens with two attached hydrogens (primary N) is 1. The first-order chi connectivity index (χ1) is 12.6. The number of rotatable bonds is 5. The number of nitrogens with one attached hydrogen (secondary N) is 1. The van der Waals surface area contributed by atoms with Gasteiger partial charge in [-0.1, -0.05) is 12.1 Å². The van der Waals surface area contributed by atoms with Gasteiger partial charge in [0, 0.05) is 30.8 Å². The van der Waals surface area contributed by atoms with E-state index in [9.17, 15) is 9.59 Å². The van der Waals surface area contributed by atoms with Crippen LogP contribution in [-0.2, 0) is 11.3 Å². The fraction of sp³-hybridized carbons (Fsp3) is 0.300. The Balaban J connectivity index is 0.00000261. The number of anilines is 2. The summed E-state index contributed by atoms with van der Waals surface area (Å²) in [6.07, 6.45) is 2.40. The predicted octanol–water partition coefficient (Wildman–Crippen LogP) is 3.34. The van der Waals surface area contributed by atoms with Crippen molar-refractivity contribution >= 4 is 35.6 Å². The first-order valence-electron chi connectivity index (χ1n) is 8.71. The van der Waals surface area contributed by atoms with Gasteiger partial charge >= 0.3 is 0 Å². The van der Waals surface area contributed by atoms with Crippen LogP contribution in [0.25, 0.3) is 0 Å². The molecule has 7 heteroatoms. The minimum absolute atomic E-state index is 0. The molecule has 1 heterocycles. The molecule has 2 aromatic carbocycles. The molecule has 1 saturated heterocycles. The van der Waals surface area contributed by atoms with Gasteiger partial charge in [-0.3, -0.25) is 9.59 Å². The number of carbonyl (C=O) groups is 2. The third-order valence-corrected chi connectivity index (χ3v) is 4.50. The first-order valence-corrected chi connectivity index (χ1v) is 8.71. The summed E-state index contributed by atoms with van der Waals surface area (Å²) in [6.45, 7) is 1.10. The molecular formula is C20H24ClN3O3. The van der Waals surface area contributed by atoms with Crippen molar-refractivity contribution in [2.24, 2.45) is 5.73 Å². The maximum absolute atomic E-state index is 12.5. The molecule has 3 N–H and O–H groups in total. The fourth-order valence-corrected chi connectivity index (χ4v) is 3.03. The van der Waals surface area contributed by atoms with E-state index in [2.05, 4.69) is 5.32 Å². The van der Waals surface area contributed by atoms with Crippen LogP contribution in [0.4, 0.5) is 11.4 Å². The molecule has 144 valence electrons. The van der Waals surface area contributed by atoms with Crippen molar-refractivity contribution < 1.29 is 14.3 Å². The van der Waals surface area contributed by atoms with E-state index in [0.717, 1.165) is 18.4 Å². The lowest BCUT2D eigenvalue weighted by molar-refractivity contribution is -0.119. The number of methoxy groups -OCH3 is 1. The molecule has 0 bridgehead atoms. The molecule has 0 aromatic heterocycles. The zero-order valence-corrected chi connectivity index (χ0v) is 16.1. The molecule has 3 rings (SSSR count). The highest BCUT2D eigenvalue weighted by atomic mass is 35.5. The van der Waals surface area contributed by atoms with E-state index in [1.54, 1.807) is 42.3 Å². The molecule has 0 aliphatic carbocycles. The molecule has 2 aromatic rings. The Kier molecular flexibility index (Phi) is 7.21. The van der Waals surface area contributed by atoms with Gasteiger partial charge in [-0.2, -0.15) is 0 Å². The average Bonchev–Trinajstić information content (AvgIpc) is 2.68. The van der Waals surface area contributed by atoms with Gasteiger partial charge in [-0.15, -0.1) is 12.4 Å². The van der Waals surface area contributed by atoms with Gasteiger partial charge in [0.2, 0.25) is 5.91 Å². The number of benzene rings is 2. The molecule has 1 aliphatic rings. The third kappa shape index (κ3) is 4.78. The summed E-state index contributed by atoms with van der Waals surface area (Å²) >= 11 is 0.